The second kappa shape index (κ2) is 3.08. The second-order valence-electron chi connectivity index (χ2n) is 0.840. The SMILES string of the molecule is COC(N)OC. The van der Waals surface area contributed by atoms with E-state index < -0.39 is 6.41 Å². The molecule has 2 N–H and O–H groups in total. The predicted octanol–water partition coefficient (Wildman–Crippen LogP) is -0.479. The van der Waals surface area contributed by atoms with Crippen molar-refractivity contribution in [3.05, 3.63) is 0 Å². The van der Waals surface area contributed by atoms with Crippen LogP contribution in [0.3, 0.4) is 0 Å². The van der Waals surface area contributed by atoms with Crippen LogP contribution in [0, 0.1) is 0 Å². The van der Waals surface area contributed by atoms with Gasteiger partial charge in [-0.15, -0.1) is 0 Å². The van der Waals surface area contributed by atoms with Crippen LogP contribution in [-0.2, 0) is 9.47 Å². The first-order valence-electron chi connectivity index (χ1n) is 1.62. The molecule has 0 aliphatic carbocycles. The molecule has 0 aromatic rings. The van der Waals surface area contributed by atoms with Crippen LogP contribution in [0.5, 0.6) is 0 Å². The molecule has 0 heterocycles. The largest absolute Gasteiger partial charge is 0.343 e. The zero-order valence-corrected chi connectivity index (χ0v) is 3.97. The topological polar surface area (TPSA) is 44.5 Å². The molecule has 0 aromatic heterocycles. The van der Waals surface area contributed by atoms with Gasteiger partial charge in [-0.2, -0.15) is 0 Å². The Hall–Kier alpha value is -0.120. The first-order valence-corrected chi connectivity index (χ1v) is 1.62. The summed E-state index contributed by atoms with van der Waals surface area (Å²) < 4.78 is 8.91. The van der Waals surface area contributed by atoms with Crippen LogP contribution >= 0.6 is 0 Å². The van der Waals surface area contributed by atoms with Crippen LogP contribution in [0.1, 0.15) is 0 Å². The molecule has 3 heteroatoms. The fourth-order valence-corrected chi connectivity index (χ4v) is 0.0962. The van der Waals surface area contributed by atoms with E-state index in [4.69, 9.17) is 5.73 Å². The third kappa shape index (κ3) is 2.14. The summed E-state index contributed by atoms with van der Waals surface area (Å²) in [4.78, 5) is 0. The van der Waals surface area contributed by atoms with Crippen LogP contribution in [0.4, 0.5) is 0 Å². The summed E-state index contributed by atoms with van der Waals surface area (Å²) >= 11 is 0. The molecule has 0 saturated carbocycles. The van der Waals surface area contributed by atoms with Crippen molar-refractivity contribution in [3.8, 4) is 0 Å². The molecule has 38 valence electrons. The normalized spacial score (nSPS) is 10.0. The Labute approximate surface area is 37.0 Å². The van der Waals surface area contributed by atoms with E-state index in [9.17, 15) is 0 Å². The van der Waals surface area contributed by atoms with Crippen molar-refractivity contribution >= 4 is 0 Å². The highest BCUT2D eigenvalue weighted by atomic mass is 16.7. The third-order valence-corrected chi connectivity index (χ3v) is 0.465. The van der Waals surface area contributed by atoms with Gasteiger partial charge in [0.1, 0.15) is 0 Å². The molecule has 0 rings (SSSR count). The van der Waals surface area contributed by atoms with Crippen molar-refractivity contribution in [2.75, 3.05) is 14.2 Å². The Bertz CT molecular complexity index is 28.0. The summed E-state index contributed by atoms with van der Waals surface area (Å²) in [7, 11) is 2.96. The van der Waals surface area contributed by atoms with Gasteiger partial charge in [-0.3, -0.25) is 5.73 Å². The van der Waals surface area contributed by atoms with Crippen LogP contribution in [0.15, 0.2) is 0 Å². The molecule has 3 nitrogen and oxygen atoms in total. The minimum absolute atomic E-state index is 0.565. The van der Waals surface area contributed by atoms with Crippen molar-refractivity contribution in [2.45, 2.75) is 6.41 Å². The Morgan fingerprint density at radius 1 is 1.33 bits per heavy atom. The number of hydrogen-bond donors (Lipinski definition) is 1. The van der Waals surface area contributed by atoms with E-state index >= 15 is 0 Å². The van der Waals surface area contributed by atoms with E-state index in [1.807, 2.05) is 0 Å². The van der Waals surface area contributed by atoms with Crippen LogP contribution in [0.25, 0.3) is 0 Å². The lowest BCUT2D eigenvalue weighted by Gasteiger charge is -2.03. The smallest absolute Gasteiger partial charge is 0.212 e. The molecular formula is C3H9NO2. The molecule has 0 fully saturated rings. The van der Waals surface area contributed by atoms with Gasteiger partial charge in [0.15, 0.2) is 0 Å². The average Bonchev–Trinajstić information content (AvgIpc) is 1.65. The van der Waals surface area contributed by atoms with Crippen molar-refractivity contribution in [3.63, 3.8) is 0 Å². The molecule has 0 aliphatic rings. The fourth-order valence-electron chi connectivity index (χ4n) is 0.0962. The molecule has 0 aromatic carbocycles. The molecule has 6 heavy (non-hydrogen) atoms. The van der Waals surface area contributed by atoms with Gasteiger partial charge in [0.05, 0.1) is 0 Å². The first-order chi connectivity index (χ1) is 2.81. The minimum Gasteiger partial charge on any atom is -0.343 e. The highest BCUT2D eigenvalue weighted by molar-refractivity contribution is 4.13. The lowest BCUT2D eigenvalue weighted by Crippen LogP contribution is -2.23. The molecule has 0 unspecified atom stereocenters. The van der Waals surface area contributed by atoms with Gasteiger partial charge in [0, 0.05) is 14.2 Å². The zero-order valence-electron chi connectivity index (χ0n) is 3.97. The highest BCUT2D eigenvalue weighted by Gasteiger charge is 1.88. The molecule has 0 radical (unpaired) electrons. The Morgan fingerprint density at radius 2 is 1.67 bits per heavy atom. The summed E-state index contributed by atoms with van der Waals surface area (Å²) in [6, 6.07) is 0. The summed E-state index contributed by atoms with van der Waals surface area (Å²) in [6.07, 6.45) is -0.565. The van der Waals surface area contributed by atoms with E-state index in [0.717, 1.165) is 0 Å². The summed E-state index contributed by atoms with van der Waals surface area (Å²) in [5.41, 5.74) is 5.03. The van der Waals surface area contributed by atoms with E-state index in [1.165, 1.54) is 14.2 Å². The molecule has 0 spiro atoms. The molecule has 0 saturated heterocycles. The molecule has 0 aliphatic heterocycles. The second-order valence-corrected chi connectivity index (χ2v) is 0.840. The third-order valence-electron chi connectivity index (χ3n) is 0.465. The van der Waals surface area contributed by atoms with Crippen LogP contribution < -0.4 is 5.73 Å². The van der Waals surface area contributed by atoms with Gasteiger partial charge < -0.3 is 9.47 Å². The van der Waals surface area contributed by atoms with Gasteiger partial charge in [-0.25, -0.2) is 0 Å². The van der Waals surface area contributed by atoms with Crippen molar-refractivity contribution in [1.82, 2.24) is 0 Å². The Balaban J connectivity index is 2.75. The zero-order chi connectivity index (χ0) is 4.99. The van der Waals surface area contributed by atoms with Crippen molar-refractivity contribution in [2.24, 2.45) is 5.73 Å². The van der Waals surface area contributed by atoms with Crippen LogP contribution in [0.2, 0.25) is 0 Å². The van der Waals surface area contributed by atoms with Crippen molar-refractivity contribution in [1.29, 1.82) is 0 Å². The Morgan fingerprint density at radius 3 is 1.67 bits per heavy atom. The number of methoxy groups -OCH3 is 2. The van der Waals surface area contributed by atoms with E-state index in [-0.39, 0.29) is 0 Å². The summed E-state index contributed by atoms with van der Waals surface area (Å²) in [5.74, 6) is 0. The molecule has 0 bridgehead atoms. The average molecular weight is 91.1 g/mol. The van der Waals surface area contributed by atoms with Crippen LogP contribution in [-0.4, -0.2) is 20.6 Å². The van der Waals surface area contributed by atoms with E-state index in [0.29, 0.717) is 0 Å². The van der Waals surface area contributed by atoms with Gasteiger partial charge in [0.2, 0.25) is 6.41 Å². The first kappa shape index (κ1) is 5.88. The number of nitrogens with two attached hydrogens (primary N) is 1. The lowest BCUT2D eigenvalue weighted by molar-refractivity contribution is -0.0966. The monoisotopic (exact) mass is 91.1 g/mol. The van der Waals surface area contributed by atoms with Gasteiger partial charge in [-0.05, 0) is 0 Å². The quantitative estimate of drug-likeness (QED) is 0.467. The van der Waals surface area contributed by atoms with Gasteiger partial charge >= 0.3 is 0 Å². The summed E-state index contributed by atoms with van der Waals surface area (Å²) in [6.45, 7) is 0. The molecular weight excluding hydrogens is 82.0 g/mol. The van der Waals surface area contributed by atoms with E-state index in [1.54, 1.807) is 0 Å². The molecule has 0 atom stereocenters. The lowest BCUT2D eigenvalue weighted by atomic mass is 11.1. The predicted molar refractivity (Wildman–Crippen MR) is 22.0 cm³/mol. The maximum Gasteiger partial charge on any atom is 0.212 e. The standard InChI is InChI=1S/C3H9NO2/c1-5-3(4)6-2/h3H,4H2,1-2H3. The summed E-state index contributed by atoms with van der Waals surface area (Å²) in [5, 5.41) is 0. The fraction of sp³-hybridized carbons (Fsp3) is 1.00. The maximum atomic E-state index is 5.03. The number of rotatable bonds is 2. The van der Waals surface area contributed by atoms with E-state index in [2.05, 4.69) is 9.47 Å². The minimum atomic E-state index is -0.565. The van der Waals surface area contributed by atoms with Crippen molar-refractivity contribution < 1.29 is 9.47 Å². The maximum absolute atomic E-state index is 5.03. The highest BCUT2D eigenvalue weighted by Crippen LogP contribution is 1.73. The molecule has 0 amide bonds. The number of ether oxygens (including phenoxy) is 2. The van der Waals surface area contributed by atoms with Gasteiger partial charge in [0.25, 0.3) is 0 Å². The Kier molecular flexibility index (Phi) is 3.02. The number of hydrogen-bond acceptors (Lipinski definition) is 3. The van der Waals surface area contributed by atoms with Gasteiger partial charge in [-0.1, -0.05) is 0 Å².